The molecule has 3 aromatic carbocycles. The molecule has 0 saturated heterocycles. The molecule has 218 valence electrons. The van der Waals surface area contributed by atoms with Crippen molar-refractivity contribution in [1.82, 2.24) is 0 Å². The summed E-state index contributed by atoms with van der Waals surface area (Å²) in [5, 5.41) is 40.2. The predicted octanol–water partition coefficient (Wildman–Crippen LogP) is 6.95. The van der Waals surface area contributed by atoms with Gasteiger partial charge in [0.2, 0.25) is 0 Å². The molecule has 0 unspecified atom stereocenters. The molecular weight excluding hydrogens is 530 g/mol. The number of nitrogens with zero attached hydrogens (tertiary/aromatic N) is 5. The highest BCUT2D eigenvalue weighted by Crippen LogP contribution is 2.39. The highest BCUT2D eigenvalue weighted by Gasteiger charge is 2.30. The number of nitro groups is 3. The van der Waals surface area contributed by atoms with Gasteiger partial charge in [-0.2, -0.15) is 0 Å². The van der Waals surface area contributed by atoms with Crippen LogP contribution >= 0.6 is 0 Å². The second-order valence-corrected chi connectivity index (χ2v) is 8.74. The van der Waals surface area contributed by atoms with E-state index in [1.807, 2.05) is 0 Å². The van der Waals surface area contributed by atoms with E-state index < -0.39 is 37.6 Å². The monoisotopic (exact) mass is 565 g/mol. The van der Waals surface area contributed by atoms with E-state index in [4.69, 9.17) is 5.11 Å². The fourth-order valence-electron chi connectivity index (χ4n) is 4.35. The van der Waals surface area contributed by atoms with Gasteiger partial charge in [0, 0.05) is 37.6 Å². The maximum absolute atomic E-state index is 10.4. The number of hydrogen-bond acceptors (Lipinski definition) is 9. The molecule has 0 aromatic heterocycles. The Balaban J connectivity index is 0.000000317. The number of phenolic OH excluding ortho intramolecular Hbond substituents is 1. The summed E-state index contributed by atoms with van der Waals surface area (Å²) in [4.78, 5) is 32.5. The van der Waals surface area contributed by atoms with Crippen LogP contribution in [0.15, 0.2) is 66.7 Å². The van der Waals surface area contributed by atoms with Crippen molar-refractivity contribution < 1.29 is 19.9 Å². The third-order valence-corrected chi connectivity index (χ3v) is 6.56. The number of allylic oxidation sites excluding steroid dienone is 1. The topological polar surface area (TPSA) is 156 Å². The maximum Gasteiger partial charge on any atom is 0.324 e. The van der Waals surface area contributed by atoms with Crippen LogP contribution in [0.25, 0.3) is 5.57 Å². The number of hydrogen-bond donors (Lipinski definition) is 1. The first-order valence-electron chi connectivity index (χ1n) is 13.2. The van der Waals surface area contributed by atoms with Crippen LogP contribution in [-0.2, 0) is 0 Å². The van der Waals surface area contributed by atoms with E-state index in [9.17, 15) is 30.3 Å². The van der Waals surface area contributed by atoms with Crippen LogP contribution < -0.4 is 9.80 Å². The molecule has 0 aliphatic rings. The van der Waals surface area contributed by atoms with Crippen molar-refractivity contribution in [2.24, 2.45) is 0 Å². The third-order valence-electron chi connectivity index (χ3n) is 6.56. The molecule has 0 bridgehead atoms. The Morgan fingerprint density at radius 2 is 1.02 bits per heavy atom. The average molecular weight is 566 g/mol. The van der Waals surface area contributed by atoms with Gasteiger partial charge in [-0.25, -0.2) is 0 Å². The Bertz CT molecular complexity index is 1290. The van der Waals surface area contributed by atoms with Crippen LogP contribution in [0, 0.1) is 30.3 Å². The third kappa shape index (κ3) is 8.01. The van der Waals surface area contributed by atoms with E-state index in [0.717, 1.165) is 26.2 Å². The molecule has 3 aromatic rings. The van der Waals surface area contributed by atoms with E-state index in [-0.39, 0.29) is 0 Å². The van der Waals surface area contributed by atoms with Gasteiger partial charge in [0.25, 0.3) is 11.4 Å². The van der Waals surface area contributed by atoms with Gasteiger partial charge in [-0.3, -0.25) is 30.3 Å². The highest BCUT2D eigenvalue weighted by atomic mass is 16.6. The maximum atomic E-state index is 10.4. The molecule has 0 radical (unpaired) electrons. The lowest BCUT2D eigenvalue weighted by Crippen LogP contribution is -2.21. The first-order valence-corrected chi connectivity index (χ1v) is 13.2. The minimum Gasteiger partial charge on any atom is -0.497 e. The minimum absolute atomic E-state index is 0.447. The summed E-state index contributed by atoms with van der Waals surface area (Å²) in [6.45, 7) is 15.1. The molecule has 0 atom stereocenters. The van der Waals surface area contributed by atoms with Crippen LogP contribution in [-0.4, -0.2) is 46.1 Å². The number of rotatable bonds is 11. The van der Waals surface area contributed by atoms with Crippen molar-refractivity contribution >= 4 is 34.0 Å². The number of benzene rings is 3. The predicted molar refractivity (Wildman–Crippen MR) is 161 cm³/mol. The zero-order valence-electron chi connectivity index (χ0n) is 23.8. The highest BCUT2D eigenvalue weighted by molar-refractivity contribution is 5.81. The van der Waals surface area contributed by atoms with Gasteiger partial charge in [0.15, 0.2) is 0 Å². The first-order chi connectivity index (χ1) is 19.5. The van der Waals surface area contributed by atoms with Crippen molar-refractivity contribution in [3.8, 4) is 5.75 Å². The van der Waals surface area contributed by atoms with E-state index in [2.05, 4.69) is 99.0 Å². The van der Waals surface area contributed by atoms with Crippen molar-refractivity contribution in [1.29, 1.82) is 0 Å². The van der Waals surface area contributed by atoms with Crippen molar-refractivity contribution in [3.63, 3.8) is 0 Å². The van der Waals surface area contributed by atoms with Gasteiger partial charge in [-0.1, -0.05) is 30.3 Å². The summed E-state index contributed by atoms with van der Waals surface area (Å²) in [5.41, 5.74) is 3.42. The summed E-state index contributed by atoms with van der Waals surface area (Å²) in [6.07, 6.45) is 2.21. The Kier molecular flexibility index (Phi) is 11.8. The van der Waals surface area contributed by atoms with Crippen LogP contribution in [0.4, 0.5) is 28.4 Å². The van der Waals surface area contributed by atoms with Crippen LogP contribution in [0.1, 0.15) is 45.7 Å². The van der Waals surface area contributed by atoms with E-state index in [1.165, 1.54) is 28.1 Å². The number of nitro benzene ring substituents is 3. The number of phenols is 1. The summed E-state index contributed by atoms with van der Waals surface area (Å²) in [5.74, 6) is -1.21. The lowest BCUT2D eigenvalue weighted by Gasteiger charge is -2.22. The van der Waals surface area contributed by atoms with Crippen molar-refractivity contribution in [2.45, 2.75) is 34.6 Å². The number of non-ortho nitro benzene ring substituents is 1. The minimum atomic E-state index is -1.21. The van der Waals surface area contributed by atoms with Gasteiger partial charge >= 0.3 is 11.4 Å². The van der Waals surface area contributed by atoms with Gasteiger partial charge < -0.3 is 14.9 Å². The average Bonchev–Trinajstić information content (AvgIpc) is 2.96. The molecule has 0 aliphatic carbocycles. The molecule has 12 nitrogen and oxygen atoms in total. The normalized spacial score (nSPS) is 10.2. The summed E-state index contributed by atoms with van der Waals surface area (Å²) >= 11 is 0. The Morgan fingerprint density at radius 3 is 1.27 bits per heavy atom. The van der Waals surface area contributed by atoms with Crippen LogP contribution in [0.2, 0.25) is 0 Å². The Morgan fingerprint density at radius 1 is 0.683 bits per heavy atom. The first kappa shape index (κ1) is 32.2. The van der Waals surface area contributed by atoms with Crippen LogP contribution in [0.3, 0.4) is 0 Å². The molecule has 12 heteroatoms. The molecular formula is C29H35N5O7. The Hall–Kier alpha value is -5.00. The smallest absolute Gasteiger partial charge is 0.324 e. The van der Waals surface area contributed by atoms with E-state index in [1.54, 1.807) is 0 Å². The van der Waals surface area contributed by atoms with Crippen LogP contribution in [0.5, 0.6) is 5.75 Å². The van der Waals surface area contributed by atoms with Gasteiger partial charge in [-0.15, -0.1) is 0 Å². The number of anilines is 2. The van der Waals surface area contributed by atoms with Gasteiger partial charge in [-0.05, 0) is 75.6 Å². The lowest BCUT2D eigenvalue weighted by molar-refractivity contribution is -0.404. The second kappa shape index (κ2) is 15.0. The largest absolute Gasteiger partial charge is 0.497 e. The fraction of sp³-hybridized carbons (Fsp3) is 0.310. The lowest BCUT2D eigenvalue weighted by atomic mass is 9.97. The summed E-state index contributed by atoms with van der Waals surface area (Å²) < 4.78 is 0. The number of aromatic hydroxyl groups is 1. The quantitative estimate of drug-likeness (QED) is 0.192. The second-order valence-electron chi connectivity index (χ2n) is 8.74. The molecule has 0 fully saturated rings. The fourth-order valence-corrected chi connectivity index (χ4v) is 4.35. The van der Waals surface area contributed by atoms with E-state index in [0.29, 0.717) is 12.1 Å². The van der Waals surface area contributed by atoms with Gasteiger partial charge in [0.05, 0.1) is 26.9 Å². The molecule has 0 spiro atoms. The molecule has 41 heavy (non-hydrogen) atoms. The van der Waals surface area contributed by atoms with Crippen molar-refractivity contribution in [3.05, 3.63) is 108 Å². The molecule has 0 heterocycles. The zero-order chi connectivity index (χ0) is 30.7. The summed E-state index contributed by atoms with van der Waals surface area (Å²) in [7, 11) is 0. The van der Waals surface area contributed by atoms with Crippen molar-refractivity contribution in [2.75, 3.05) is 36.0 Å². The summed E-state index contributed by atoms with van der Waals surface area (Å²) in [6, 6.07) is 18.8. The zero-order valence-corrected chi connectivity index (χ0v) is 23.8. The molecule has 1 N–H and O–H groups in total. The van der Waals surface area contributed by atoms with E-state index >= 15 is 0 Å². The molecule has 0 amide bonds. The van der Waals surface area contributed by atoms with Gasteiger partial charge in [0.1, 0.15) is 0 Å². The standard InChI is InChI=1S/C23H32N2.C6H3N3O7/c1-6-23(19-11-15-21(16-12-19)24(7-2)8-3)20-13-17-22(18-14-20)25(9-4)10-5;10-6-4(8(13)14)1-3(7(11)12)2-5(6)9(15)16/h6,11-18H,7-10H2,1-5H3;1-2,10H. The molecule has 0 saturated carbocycles. The SMILES string of the molecule is CC=C(c1ccc(N(CC)CC)cc1)c1ccc(N(CC)CC)cc1.O=[N+]([O-])c1cc([N+](=O)[O-])c(O)c([N+](=O)[O-])c1. The molecule has 0 aliphatic heterocycles. The molecule has 3 rings (SSSR count). The Labute approximate surface area is 238 Å².